The van der Waals surface area contributed by atoms with Crippen LogP contribution in [0.5, 0.6) is 0 Å². The van der Waals surface area contributed by atoms with E-state index in [1.165, 1.54) is 180 Å². The maximum atomic E-state index is 12.8. The van der Waals surface area contributed by atoms with Crippen LogP contribution in [0.25, 0.3) is 0 Å². The highest BCUT2D eigenvalue weighted by Gasteiger charge is 2.19. The number of esters is 3. The summed E-state index contributed by atoms with van der Waals surface area (Å²) in [6.45, 7) is 6.58. The lowest BCUT2D eigenvalue weighted by atomic mass is 10.1. The third-order valence-corrected chi connectivity index (χ3v) is 12.3. The molecule has 1 unspecified atom stereocenters. The van der Waals surface area contributed by atoms with E-state index in [4.69, 9.17) is 14.2 Å². The first kappa shape index (κ1) is 62.4. The van der Waals surface area contributed by atoms with Gasteiger partial charge in [0.15, 0.2) is 6.10 Å². The molecule has 0 aliphatic heterocycles. The maximum Gasteiger partial charge on any atom is 0.306 e. The van der Waals surface area contributed by atoms with Crippen molar-refractivity contribution < 1.29 is 28.6 Å². The summed E-state index contributed by atoms with van der Waals surface area (Å²) in [5.74, 6) is -0.879. The van der Waals surface area contributed by atoms with Crippen LogP contribution in [0.1, 0.15) is 290 Å². The smallest absolute Gasteiger partial charge is 0.306 e. The van der Waals surface area contributed by atoms with Crippen molar-refractivity contribution >= 4 is 17.9 Å². The molecular formula is C59H106O6. The molecule has 0 saturated heterocycles. The normalized spacial score (nSPS) is 12.4. The van der Waals surface area contributed by atoms with Crippen molar-refractivity contribution in [2.75, 3.05) is 13.2 Å². The highest BCUT2D eigenvalue weighted by atomic mass is 16.6. The fourth-order valence-corrected chi connectivity index (χ4v) is 8.03. The van der Waals surface area contributed by atoms with Crippen LogP contribution in [-0.2, 0) is 28.6 Å². The van der Waals surface area contributed by atoms with E-state index in [2.05, 4.69) is 69.4 Å². The van der Waals surface area contributed by atoms with Crippen molar-refractivity contribution in [3.05, 3.63) is 48.6 Å². The van der Waals surface area contributed by atoms with Gasteiger partial charge in [0.25, 0.3) is 0 Å². The second-order valence-corrected chi connectivity index (χ2v) is 18.8. The third-order valence-electron chi connectivity index (χ3n) is 12.3. The van der Waals surface area contributed by atoms with Crippen LogP contribution < -0.4 is 0 Å². The molecule has 0 spiro atoms. The van der Waals surface area contributed by atoms with Gasteiger partial charge in [-0.05, 0) is 83.5 Å². The predicted molar refractivity (Wildman–Crippen MR) is 279 cm³/mol. The standard InChI is InChI=1S/C59H106O6/c1-4-7-10-13-16-18-20-22-24-26-28-29-31-32-34-36-38-40-43-46-49-52-58(61)64-55-56(54-63-57(60)51-48-45-42-15-12-9-6-3)65-59(62)53-50-47-44-41-39-37-35-33-30-27-25-23-21-19-17-14-11-8-5-2/h17,19-20,22-23,25-26,28,56H,4-16,18,21,24,27,29-55H2,1-3H3/b19-17-,22-20-,25-23-,28-26-. The van der Waals surface area contributed by atoms with E-state index in [9.17, 15) is 14.4 Å². The van der Waals surface area contributed by atoms with Gasteiger partial charge >= 0.3 is 17.9 Å². The zero-order valence-electron chi connectivity index (χ0n) is 43.3. The fraction of sp³-hybridized carbons (Fsp3) is 0.814. The minimum Gasteiger partial charge on any atom is -0.462 e. The number of hydrogen-bond acceptors (Lipinski definition) is 6. The molecule has 0 aromatic carbocycles. The van der Waals surface area contributed by atoms with Crippen LogP contribution in [0.15, 0.2) is 48.6 Å². The Hall–Kier alpha value is -2.63. The molecule has 0 fully saturated rings. The molecule has 0 aliphatic rings. The Morgan fingerprint density at radius 1 is 0.308 bits per heavy atom. The van der Waals surface area contributed by atoms with E-state index in [1.54, 1.807) is 0 Å². The Morgan fingerprint density at radius 2 is 0.554 bits per heavy atom. The SMILES string of the molecule is CCCCC/C=C\C/C=C\CCCCCCCCCCCC(=O)OC(COC(=O)CCCCCCCCC)COC(=O)CCCCCCCCCCC/C=C\C/C=C\CCCCCCC. The number of allylic oxidation sites excluding steroid dienone is 8. The summed E-state index contributed by atoms with van der Waals surface area (Å²) in [4.78, 5) is 37.9. The average molecular weight is 911 g/mol. The van der Waals surface area contributed by atoms with E-state index in [0.29, 0.717) is 19.3 Å². The van der Waals surface area contributed by atoms with Gasteiger partial charge in [-0.25, -0.2) is 0 Å². The lowest BCUT2D eigenvalue weighted by Crippen LogP contribution is -2.30. The van der Waals surface area contributed by atoms with E-state index >= 15 is 0 Å². The lowest BCUT2D eigenvalue weighted by Gasteiger charge is -2.18. The highest BCUT2D eigenvalue weighted by Crippen LogP contribution is 2.15. The van der Waals surface area contributed by atoms with Gasteiger partial charge < -0.3 is 14.2 Å². The zero-order chi connectivity index (χ0) is 47.2. The van der Waals surface area contributed by atoms with Gasteiger partial charge in [-0.2, -0.15) is 0 Å². The Kier molecular flexibility index (Phi) is 51.8. The maximum absolute atomic E-state index is 12.8. The van der Waals surface area contributed by atoms with Crippen molar-refractivity contribution in [1.29, 1.82) is 0 Å². The van der Waals surface area contributed by atoms with Gasteiger partial charge in [0.2, 0.25) is 0 Å². The molecule has 0 bridgehead atoms. The van der Waals surface area contributed by atoms with Crippen molar-refractivity contribution in [1.82, 2.24) is 0 Å². The molecule has 0 aromatic rings. The molecule has 378 valence electrons. The third kappa shape index (κ3) is 52.2. The molecule has 0 aromatic heterocycles. The van der Waals surface area contributed by atoms with Crippen LogP contribution in [0.4, 0.5) is 0 Å². The molecule has 0 radical (unpaired) electrons. The van der Waals surface area contributed by atoms with Crippen molar-refractivity contribution in [2.24, 2.45) is 0 Å². The molecule has 0 heterocycles. The summed E-state index contributed by atoms with van der Waals surface area (Å²) in [7, 11) is 0. The second kappa shape index (κ2) is 54.0. The topological polar surface area (TPSA) is 78.9 Å². The van der Waals surface area contributed by atoms with E-state index < -0.39 is 6.10 Å². The Labute approximate surface area is 403 Å². The van der Waals surface area contributed by atoms with E-state index in [1.807, 2.05) is 0 Å². The molecule has 0 saturated carbocycles. The summed E-state index contributed by atoms with van der Waals surface area (Å²) < 4.78 is 16.8. The molecule has 0 rings (SSSR count). The van der Waals surface area contributed by atoms with E-state index in [-0.39, 0.29) is 31.1 Å². The number of rotatable bonds is 51. The Bertz CT molecular complexity index is 1140. The van der Waals surface area contributed by atoms with Gasteiger partial charge in [0.05, 0.1) is 0 Å². The zero-order valence-corrected chi connectivity index (χ0v) is 43.3. The molecule has 65 heavy (non-hydrogen) atoms. The minimum atomic E-state index is -0.773. The van der Waals surface area contributed by atoms with Crippen LogP contribution in [-0.4, -0.2) is 37.2 Å². The molecule has 0 amide bonds. The molecule has 6 nitrogen and oxygen atoms in total. The van der Waals surface area contributed by atoms with Crippen molar-refractivity contribution in [3.8, 4) is 0 Å². The summed E-state index contributed by atoms with van der Waals surface area (Å²) in [5.41, 5.74) is 0. The van der Waals surface area contributed by atoms with Gasteiger partial charge in [-0.15, -0.1) is 0 Å². The fourth-order valence-electron chi connectivity index (χ4n) is 8.03. The number of unbranched alkanes of at least 4 members (excludes halogenated alkanes) is 32. The molecule has 1 atom stereocenters. The van der Waals surface area contributed by atoms with Gasteiger partial charge in [0, 0.05) is 19.3 Å². The Balaban J connectivity index is 4.20. The number of hydrogen-bond donors (Lipinski definition) is 0. The molecular weight excluding hydrogens is 805 g/mol. The highest BCUT2D eigenvalue weighted by molar-refractivity contribution is 5.71. The quantitative estimate of drug-likeness (QED) is 0.0262. The van der Waals surface area contributed by atoms with Crippen LogP contribution in [0.2, 0.25) is 0 Å². The van der Waals surface area contributed by atoms with Gasteiger partial charge in [-0.3, -0.25) is 14.4 Å². The Morgan fingerprint density at radius 3 is 0.877 bits per heavy atom. The van der Waals surface area contributed by atoms with Gasteiger partial charge in [-0.1, -0.05) is 236 Å². The predicted octanol–water partition coefficient (Wildman–Crippen LogP) is 18.7. The first-order chi connectivity index (χ1) is 32.0. The van der Waals surface area contributed by atoms with Crippen molar-refractivity contribution in [3.63, 3.8) is 0 Å². The first-order valence-corrected chi connectivity index (χ1v) is 28.1. The van der Waals surface area contributed by atoms with Crippen LogP contribution >= 0.6 is 0 Å². The second-order valence-electron chi connectivity index (χ2n) is 18.8. The lowest BCUT2D eigenvalue weighted by molar-refractivity contribution is -0.167. The summed E-state index contributed by atoms with van der Waals surface area (Å²) >= 11 is 0. The number of carbonyl (C=O) groups is 3. The molecule has 0 aliphatic carbocycles. The summed E-state index contributed by atoms with van der Waals surface area (Å²) in [5, 5.41) is 0. The van der Waals surface area contributed by atoms with E-state index in [0.717, 1.165) is 70.6 Å². The average Bonchev–Trinajstić information content (AvgIpc) is 3.30. The van der Waals surface area contributed by atoms with Crippen LogP contribution in [0.3, 0.4) is 0 Å². The van der Waals surface area contributed by atoms with Crippen LogP contribution in [0, 0.1) is 0 Å². The first-order valence-electron chi connectivity index (χ1n) is 28.1. The largest absolute Gasteiger partial charge is 0.462 e. The molecule has 0 N–H and O–H groups in total. The summed E-state index contributed by atoms with van der Waals surface area (Å²) in [6.07, 6.45) is 65.4. The number of carbonyl (C=O) groups excluding carboxylic acids is 3. The van der Waals surface area contributed by atoms with Gasteiger partial charge in [0.1, 0.15) is 13.2 Å². The summed E-state index contributed by atoms with van der Waals surface area (Å²) in [6, 6.07) is 0. The van der Waals surface area contributed by atoms with Crippen molar-refractivity contribution in [2.45, 2.75) is 297 Å². The monoisotopic (exact) mass is 911 g/mol. The molecule has 6 heteroatoms. The minimum absolute atomic E-state index is 0.0746. The number of ether oxygens (including phenoxy) is 3.